The number of carboxylic acid groups (broad SMARTS) is 2. The zero-order valence-electron chi connectivity index (χ0n) is 41.4. The van der Waals surface area contributed by atoms with Crippen LogP contribution in [0.1, 0.15) is 120 Å². The first-order chi connectivity index (χ1) is 32.3. The molecule has 0 aromatic carbocycles. The van der Waals surface area contributed by atoms with Crippen molar-refractivity contribution in [3.05, 3.63) is 0 Å². The molecule has 0 radical (unpaired) electrons. The van der Waals surface area contributed by atoms with Crippen molar-refractivity contribution in [1.82, 2.24) is 52.8 Å². The molecule has 2 fully saturated rings. The van der Waals surface area contributed by atoms with Gasteiger partial charge < -0.3 is 68.7 Å². The Morgan fingerprint density at radius 3 is 1.55 bits per heavy atom. The van der Waals surface area contributed by atoms with E-state index in [0.29, 0.717) is 38.8 Å². The van der Waals surface area contributed by atoms with Crippen LogP contribution >= 0.6 is 0 Å². The number of hydrogen-bond donors (Lipinski definition) is 12. The Kier molecular flexibility index (Phi) is 24.5. The van der Waals surface area contributed by atoms with E-state index in [2.05, 4.69) is 47.9 Å². The highest BCUT2D eigenvalue weighted by molar-refractivity contribution is 5.98. The number of amides is 9. The minimum Gasteiger partial charge on any atom is -0.481 e. The maximum Gasteiger partial charge on any atom is 0.326 e. The van der Waals surface area contributed by atoms with Crippen molar-refractivity contribution < 1.29 is 63.0 Å². The fraction of sp³-hybridized carbons (Fsp3) is 0.756. The molecule has 10 atom stereocenters. The van der Waals surface area contributed by atoms with E-state index in [1.165, 1.54) is 25.7 Å². The van der Waals surface area contributed by atoms with Crippen LogP contribution in [0.2, 0.25) is 0 Å². The van der Waals surface area contributed by atoms with Crippen molar-refractivity contribution in [3.8, 4) is 0 Å². The second kappa shape index (κ2) is 28.6. The lowest BCUT2D eigenvalue weighted by atomic mass is 9.98. The van der Waals surface area contributed by atoms with Gasteiger partial charge in [-0.25, -0.2) is 4.79 Å². The van der Waals surface area contributed by atoms with Gasteiger partial charge in [0.1, 0.15) is 54.4 Å². The summed E-state index contributed by atoms with van der Waals surface area (Å²) in [5.41, 5.74) is 5.51. The van der Waals surface area contributed by atoms with Gasteiger partial charge in [-0.05, 0) is 103 Å². The fourth-order valence-electron chi connectivity index (χ4n) is 7.77. The van der Waals surface area contributed by atoms with Crippen molar-refractivity contribution in [1.29, 1.82) is 0 Å². The number of likely N-dealkylation sites (tertiary alicyclic amines) is 1. The summed E-state index contributed by atoms with van der Waals surface area (Å²) in [5.74, 6) is -10.3. The van der Waals surface area contributed by atoms with Gasteiger partial charge in [-0.2, -0.15) is 0 Å². The van der Waals surface area contributed by atoms with Crippen LogP contribution in [0.15, 0.2) is 0 Å². The number of unbranched alkanes of at least 4 members (excludes halogenated alkanes) is 1. The normalized spacial score (nSPS) is 19.2. The second-order valence-electron chi connectivity index (χ2n) is 18.9. The molecule has 9 amide bonds. The number of carbonyl (C=O) groups is 11. The molecule has 24 heteroatoms. The SMILES string of the molecule is CC(C)[C@H](NC(=O)[C@H](C)NC(=O)[C@@H](NC(=O)[C@@H]1CCCN1C(=O)[C@H](CCC(=O)O)NC(=O)[C@H](C)NC(=O)[C@H](C)NC(=O)[C@@H]1CCCN1)C(C)C)C(=O)N[C@H](C(=O)N[C@@H](CCCCN)C(=O)O)C(C)C. The molecule has 13 N–H and O–H groups in total. The molecule has 0 aromatic heterocycles. The summed E-state index contributed by atoms with van der Waals surface area (Å²) in [6.07, 6.45) is 2.24. The molecule has 0 saturated carbocycles. The molecule has 0 bridgehead atoms. The Hall–Kier alpha value is -5.91. The topological polar surface area (TPSA) is 366 Å². The third kappa shape index (κ3) is 18.8. The van der Waals surface area contributed by atoms with Crippen LogP contribution in [0.5, 0.6) is 0 Å². The Morgan fingerprint density at radius 2 is 1.03 bits per heavy atom. The van der Waals surface area contributed by atoms with Gasteiger partial charge in [0.2, 0.25) is 53.2 Å². The van der Waals surface area contributed by atoms with E-state index in [1.807, 2.05) is 0 Å². The Morgan fingerprint density at radius 1 is 0.551 bits per heavy atom. The number of rotatable bonds is 28. The van der Waals surface area contributed by atoms with Crippen LogP contribution < -0.4 is 53.6 Å². The summed E-state index contributed by atoms with van der Waals surface area (Å²) >= 11 is 0. The smallest absolute Gasteiger partial charge is 0.326 e. The summed E-state index contributed by atoms with van der Waals surface area (Å²) in [4.78, 5) is 145. The van der Waals surface area contributed by atoms with Crippen molar-refractivity contribution in [2.24, 2.45) is 23.5 Å². The standard InChI is InChI=1S/C45H77N11O13/c1-22(2)33(41(64)50-27(9)38(61)53-35(24(5)6)43(66)55-34(23(3)4)42(65)52-30(45(68)69)14-10-11-19-46)54-40(63)31-16-13-21-56(31)44(67)29(17-18-32(57)58)51-37(60)26(8)48-36(59)25(7)49-39(62)28-15-12-20-47-28/h22-31,33-35,47H,10-21,46H2,1-9H3,(H,48,59)(H,49,62)(H,50,64)(H,51,60)(H,52,65)(H,53,61)(H,54,63)(H,55,66)(H,57,58)(H,68,69)/t25-,26-,27-,28-,29-,30-,31-,33-,34-,35-/m0/s1. The quantitative estimate of drug-likeness (QED) is 0.0368. The predicted molar refractivity (Wildman–Crippen MR) is 250 cm³/mol. The van der Waals surface area contributed by atoms with E-state index >= 15 is 0 Å². The van der Waals surface area contributed by atoms with Crippen LogP contribution in [0, 0.1) is 17.8 Å². The number of nitrogens with one attached hydrogen (secondary N) is 9. The molecule has 390 valence electrons. The largest absolute Gasteiger partial charge is 0.481 e. The van der Waals surface area contributed by atoms with Crippen LogP contribution in [-0.2, 0) is 52.7 Å². The van der Waals surface area contributed by atoms with Gasteiger partial charge in [0.15, 0.2) is 0 Å². The Bertz CT molecular complexity index is 1840. The molecule has 0 aromatic rings. The number of aliphatic carboxylic acids is 2. The zero-order valence-corrected chi connectivity index (χ0v) is 41.4. The van der Waals surface area contributed by atoms with E-state index in [-0.39, 0.29) is 31.7 Å². The van der Waals surface area contributed by atoms with Crippen molar-refractivity contribution >= 4 is 65.1 Å². The monoisotopic (exact) mass is 980 g/mol. The number of carboxylic acids is 2. The number of nitrogens with two attached hydrogens (primary N) is 1. The van der Waals surface area contributed by atoms with Gasteiger partial charge in [-0.3, -0.25) is 47.9 Å². The van der Waals surface area contributed by atoms with Crippen LogP contribution in [0.25, 0.3) is 0 Å². The average Bonchev–Trinajstić information content (AvgIpc) is 4.00. The highest BCUT2D eigenvalue weighted by Gasteiger charge is 2.41. The third-order valence-electron chi connectivity index (χ3n) is 12.0. The van der Waals surface area contributed by atoms with Gasteiger partial charge in [-0.15, -0.1) is 0 Å². The maximum absolute atomic E-state index is 14.0. The number of nitrogens with zero attached hydrogens (tertiary/aromatic N) is 1. The number of carbonyl (C=O) groups excluding carboxylic acids is 9. The summed E-state index contributed by atoms with van der Waals surface area (Å²) in [7, 11) is 0. The first-order valence-corrected chi connectivity index (χ1v) is 23.9. The van der Waals surface area contributed by atoms with E-state index in [9.17, 15) is 63.0 Å². The number of hydrogen-bond acceptors (Lipinski definition) is 13. The molecule has 2 saturated heterocycles. The molecule has 2 heterocycles. The van der Waals surface area contributed by atoms with Gasteiger partial charge in [-0.1, -0.05) is 41.5 Å². The first kappa shape index (κ1) is 59.2. The maximum atomic E-state index is 14.0. The van der Waals surface area contributed by atoms with E-state index < -0.39 is 144 Å². The molecular formula is C45H77N11O13. The fourth-order valence-corrected chi connectivity index (χ4v) is 7.77. The lowest BCUT2D eigenvalue weighted by Crippen LogP contribution is -2.61. The third-order valence-corrected chi connectivity index (χ3v) is 12.0. The minimum atomic E-state index is -1.42. The molecule has 2 rings (SSSR count). The van der Waals surface area contributed by atoms with Gasteiger partial charge >= 0.3 is 11.9 Å². The Balaban J connectivity index is 2.12. The van der Waals surface area contributed by atoms with Crippen LogP contribution in [0.4, 0.5) is 0 Å². The van der Waals surface area contributed by atoms with E-state index in [1.54, 1.807) is 41.5 Å². The first-order valence-electron chi connectivity index (χ1n) is 23.9. The molecule has 2 aliphatic heterocycles. The minimum absolute atomic E-state index is 0.0662. The molecule has 0 spiro atoms. The predicted octanol–water partition coefficient (Wildman–Crippen LogP) is -2.29. The lowest BCUT2D eigenvalue weighted by Gasteiger charge is -2.31. The summed E-state index contributed by atoms with van der Waals surface area (Å²) in [6, 6.07) is -11.2. The van der Waals surface area contributed by atoms with Crippen molar-refractivity contribution in [2.75, 3.05) is 19.6 Å². The van der Waals surface area contributed by atoms with E-state index in [0.717, 1.165) is 6.42 Å². The molecule has 69 heavy (non-hydrogen) atoms. The summed E-state index contributed by atoms with van der Waals surface area (Å²) in [6.45, 7) is 15.2. The van der Waals surface area contributed by atoms with Gasteiger partial charge in [0.05, 0.1) is 6.04 Å². The summed E-state index contributed by atoms with van der Waals surface area (Å²) in [5, 5.41) is 42.6. The second-order valence-corrected chi connectivity index (χ2v) is 18.9. The highest BCUT2D eigenvalue weighted by atomic mass is 16.4. The molecule has 24 nitrogen and oxygen atoms in total. The molecule has 0 unspecified atom stereocenters. The van der Waals surface area contributed by atoms with Crippen LogP contribution in [0.3, 0.4) is 0 Å². The average molecular weight is 980 g/mol. The zero-order chi connectivity index (χ0) is 52.3. The molecular weight excluding hydrogens is 903 g/mol. The van der Waals surface area contributed by atoms with Gasteiger partial charge in [0.25, 0.3) is 0 Å². The lowest BCUT2D eigenvalue weighted by molar-refractivity contribution is -0.143. The van der Waals surface area contributed by atoms with Crippen molar-refractivity contribution in [2.45, 2.75) is 181 Å². The summed E-state index contributed by atoms with van der Waals surface area (Å²) < 4.78 is 0. The van der Waals surface area contributed by atoms with Crippen LogP contribution in [-0.4, -0.2) is 160 Å². The van der Waals surface area contributed by atoms with Gasteiger partial charge in [0, 0.05) is 13.0 Å². The van der Waals surface area contributed by atoms with E-state index in [4.69, 9.17) is 5.73 Å². The molecule has 2 aliphatic rings. The van der Waals surface area contributed by atoms with Crippen molar-refractivity contribution in [3.63, 3.8) is 0 Å². The Labute approximate surface area is 403 Å². The highest BCUT2D eigenvalue weighted by Crippen LogP contribution is 2.21. The molecule has 0 aliphatic carbocycles.